The minimum Gasteiger partial charge on any atom is -0.382 e. The fourth-order valence-corrected chi connectivity index (χ4v) is 1.51. The van der Waals surface area contributed by atoms with Crippen molar-refractivity contribution in [3.8, 4) is 0 Å². The summed E-state index contributed by atoms with van der Waals surface area (Å²) in [6, 6.07) is 3.83. The highest BCUT2D eigenvalue weighted by atomic mass is 16.6. The molecule has 0 aromatic carbocycles. The second kappa shape index (κ2) is 5.58. The second-order valence-corrected chi connectivity index (χ2v) is 4.17. The third-order valence-electron chi connectivity index (χ3n) is 2.63. The smallest absolute Gasteiger partial charge is 0.363 e. The molecule has 1 saturated carbocycles. The van der Waals surface area contributed by atoms with E-state index in [4.69, 9.17) is 0 Å². The van der Waals surface area contributed by atoms with Crippen LogP contribution in [0.3, 0.4) is 0 Å². The highest BCUT2D eigenvalue weighted by Crippen LogP contribution is 2.18. The van der Waals surface area contributed by atoms with Gasteiger partial charge in [0.05, 0.1) is 5.69 Å². The van der Waals surface area contributed by atoms with Crippen molar-refractivity contribution < 1.29 is 4.92 Å². The van der Waals surface area contributed by atoms with Crippen molar-refractivity contribution in [1.82, 2.24) is 10.3 Å². The summed E-state index contributed by atoms with van der Waals surface area (Å²) in [5.41, 5.74) is 0.821. The Kier molecular flexibility index (Phi) is 3.87. The fraction of sp³-hybridized carbons (Fsp3) is 0.545. The summed E-state index contributed by atoms with van der Waals surface area (Å²) in [5.74, 6) is -0.119. The van der Waals surface area contributed by atoms with Gasteiger partial charge in [-0.25, -0.2) is 0 Å². The maximum absolute atomic E-state index is 10.4. The van der Waals surface area contributed by atoms with Crippen molar-refractivity contribution in [2.45, 2.75) is 25.3 Å². The van der Waals surface area contributed by atoms with Crippen molar-refractivity contribution in [3.05, 3.63) is 28.4 Å². The number of hydrogen-bond donors (Lipinski definition) is 2. The largest absolute Gasteiger partial charge is 0.382 e. The Bertz CT molecular complexity index is 376. The number of pyridine rings is 1. The lowest BCUT2D eigenvalue weighted by Gasteiger charge is -2.05. The van der Waals surface area contributed by atoms with E-state index < -0.39 is 4.92 Å². The SMILES string of the molecule is O=[N+]([O-])c1ccc(NCCCNC2CC2)cn1. The molecular weight excluding hydrogens is 220 g/mol. The molecule has 1 aromatic heterocycles. The fourth-order valence-electron chi connectivity index (χ4n) is 1.51. The first-order valence-corrected chi connectivity index (χ1v) is 5.83. The highest BCUT2D eigenvalue weighted by molar-refractivity contribution is 5.43. The standard InChI is InChI=1S/C11H16N4O2/c16-15(17)11-5-4-10(8-14-11)13-7-1-6-12-9-2-3-9/h4-5,8-9,12-13H,1-3,6-7H2. The number of nitro groups is 1. The normalized spacial score (nSPS) is 14.6. The van der Waals surface area contributed by atoms with Crippen LogP contribution in [0.15, 0.2) is 18.3 Å². The molecule has 0 spiro atoms. The summed E-state index contributed by atoms with van der Waals surface area (Å²) >= 11 is 0. The minimum absolute atomic E-state index is 0.119. The zero-order chi connectivity index (χ0) is 12.1. The number of hydrogen-bond acceptors (Lipinski definition) is 5. The first-order chi connectivity index (χ1) is 8.25. The summed E-state index contributed by atoms with van der Waals surface area (Å²) in [5, 5.41) is 17.0. The summed E-state index contributed by atoms with van der Waals surface area (Å²) in [6.45, 7) is 1.86. The Hall–Kier alpha value is -1.69. The van der Waals surface area contributed by atoms with E-state index in [0.717, 1.165) is 31.2 Å². The van der Waals surface area contributed by atoms with Gasteiger partial charge in [0, 0.05) is 18.7 Å². The lowest BCUT2D eigenvalue weighted by molar-refractivity contribution is -0.389. The van der Waals surface area contributed by atoms with Crippen LogP contribution in [0.2, 0.25) is 0 Å². The van der Waals surface area contributed by atoms with Crippen LogP contribution in [-0.4, -0.2) is 29.0 Å². The van der Waals surface area contributed by atoms with Gasteiger partial charge >= 0.3 is 5.82 Å². The summed E-state index contributed by atoms with van der Waals surface area (Å²) in [7, 11) is 0. The number of rotatable bonds is 7. The molecule has 0 aliphatic heterocycles. The topological polar surface area (TPSA) is 80.1 Å². The van der Waals surface area contributed by atoms with E-state index in [-0.39, 0.29) is 5.82 Å². The maximum atomic E-state index is 10.4. The molecule has 0 amide bonds. The first kappa shape index (κ1) is 11.8. The van der Waals surface area contributed by atoms with E-state index in [9.17, 15) is 10.1 Å². The van der Waals surface area contributed by atoms with Crippen LogP contribution in [0.5, 0.6) is 0 Å². The maximum Gasteiger partial charge on any atom is 0.363 e. The van der Waals surface area contributed by atoms with Gasteiger partial charge in [-0.2, -0.15) is 0 Å². The Morgan fingerprint density at radius 2 is 2.24 bits per heavy atom. The van der Waals surface area contributed by atoms with Crippen LogP contribution >= 0.6 is 0 Å². The molecular formula is C11H16N4O2. The Morgan fingerprint density at radius 3 is 2.82 bits per heavy atom. The Labute approximate surface area is 99.6 Å². The molecule has 92 valence electrons. The van der Waals surface area contributed by atoms with Crippen LogP contribution in [-0.2, 0) is 0 Å². The van der Waals surface area contributed by atoms with Crippen molar-refractivity contribution in [3.63, 3.8) is 0 Å². The van der Waals surface area contributed by atoms with Crippen LogP contribution in [0.25, 0.3) is 0 Å². The van der Waals surface area contributed by atoms with Crippen molar-refractivity contribution in [1.29, 1.82) is 0 Å². The molecule has 0 saturated heterocycles. The van der Waals surface area contributed by atoms with Gasteiger partial charge in [0.1, 0.15) is 0 Å². The van der Waals surface area contributed by atoms with E-state index in [1.54, 1.807) is 6.07 Å². The molecule has 17 heavy (non-hydrogen) atoms. The lowest BCUT2D eigenvalue weighted by Crippen LogP contribution is -2.19. The zero-order valence-corrected chi connectivity index (χ0v) is 9.56. The van der Waals surface area contributed by atoms with Crippen molar-refractivity contribution >= 4 is 11.5 Å². The monoisotopic (exact) mass is 236 g/mol. The van der Waals surface area contributed by atoms with Gasteiger partial charge < -0.3 is 20.7 Å². The molecule has 0 unspecified atom stereocenters. The molecule has 1 aliphatic carbocycles. The average Bonchev–Trinajstić information content (AvgIpc) is 3.13. The van der Waals surface area contributed by atoms with Gasteiger partial charge in [0.15, 0.2) is 6.20 Å². The number of nitrogens with one attached hydrogen (secondary N) is 2. The molecule has 0 atom stereocenters. The van der Waals surface area contributed by atoms with Crippen LogP contribution in [0, 0.1) is 10.1 Å². The first-order valence-electron chi connectivity index (χ1n) is 5.83. The molecule has 1 fully saturated rings. The second-order valence-electron chi connectivity index (χ2n) is 4.17. The zero-order valence-electron chi connectivity index (χ0n) is 9.56. The van der Waals surface area contributed by atoms with E-state index in [1.807, 2.05) is 0 Å². The van der Waals surface area contributed by atoms with E-state index in [2.05, 4.69) is 15.6 Å². The molecule has 1 heterocycles. The molecule has 6 nitrogen and oxygen atoms in total. The Balaban J connectivity index is 1.65. The molecule has 2 rings (SSSR count). The van der Waals surface area contributed by atoms with Gasteiger partial charge in [-0.15, -0.1) is 0 Å². The van der Waals surface area contributed by atoms with Gasteiger partial charge in [-0.05, 0) is 41.8 Å². The Morgan fingerprint density at radius 1 is 1.41 bits per heavy atom. The van der Waals surface area contributed by atoms with Gasteiger partial charge in [-0.1, -0.05) is 0 Å². The third-order valence-corrected chi connectivity index (χ3v) is 2.63. The minimum atomic E-state index is -0.497. The summed E-state index contributed by atoms with van der Waals surface area (Å²) in [6.07, 6.45) is 5.14. The average molecular weight is 236 g/mol. The number of anilines is 1. The molecule has 1 aliphatic rings. The third kappa shape index (κ3) is 3.99. The van der Waals surface area contributed by atoms with Gasteiger partial charge in [0.25, 0.3) is 0 Å². The number of nitrogens with zero attached hydrogens (tertiary/aromatic N) is 2. The van der Waals surface area contributed by atoms with Gasteiger partial charge in [-0.3, -0.25) is 0 Å². The predicted molar refractivity (Wildman–Crippen MR) is 65.0 cm³/mol. The molecule has 1 aromatic rings. The highest BCUT2D eigenvalue weighted by Gasteiger charge is 2.19. The van der Waals surface area contributed by atoms with Crippen molar-refractivity contribution in [2.75, 3.05) is 18.4 Å². The molecule has 6 heteroatoms. The molecule has 2 N–H and O–H groups in total. The van der Waals surface area contributed by atoms with Crippen LogP contribution in [0.4, 0.5) is 11.5 Å². The quantitative estimate of drug-likeness (QED) is 0.426. The van der Waals surface area contributed by atoms with Crippen LogP contribution < -0.4 is 10.6 Å². The lowest BCUT2D eigenvalue weighted by atomic mass is 10.3. The van der Waals surface area contributed by atoms with E-state index >= 15 is 0 Å². The molecule has 0 radical (unpaired) electrons. The van der Waals surface area contributed by atoms with Crippen molar-refractivity contribution in [2.24, 2.45) is 0 Å². The van der Waals surface area contributed by atoms with E-state index in [0.29, 0.717) is 0 Å². The predicted octanol–water partition coefficient (Wildman–Crippen LogP) is 1.54. The van der Waals surface area contributed by atoms with Gasteiger partial charge in [0.2, 0.25) is 0 Å². The van der Waals surface area contributed by atoms with E-state index in [1.165, 1.54) is 25.1 Å². The number of aromatic nitrogens is 1. The summed E-state index contributed by atoms with van der Waals surface area (Å²) < 4.78 is 0. The summed E-state index contributed by atoms with van der Waals surface area (Å²) in [4.78, 5) is 13.6. The van der Waals surface area contributed by atoms with Crippen LogP contribution in [0.1, 0.15) is 19.3 Å². The molecule has 0 bridgehead atoms.